The first-order valence-electron chi connectivity index (χ1n) is 7.24. The minimum Gasteiger partial charge on any atom is -0.497 e. The number of methoxy groups -OCH3 is 1. The van der Waals surface area contributed by atoms with Crippen molar-refractivity contribution in [1.82, 2.24) is 5.32 Å². The summed E-state index contributed by atoms with van der Waals surface area (Å²) in [5.74, 6) is 0.791. The predicted octanol–water partition coefficient (Wildman–Crippen LogP) is 2.33. The molecule has 1 atom stereocenters. The van der Waals surface area contributed by atoms with Crippen LogP contribution in [0.25, 0.3) is 0 Å². The maximum atomic E-state index is 12.1. The molecule has 1 N–H and O–H groups in total. The zero-order valence-electron chi connectivity index (χ0n) is 12.4. The molecule has 0 aromatic heterocycles. The molecule has 1 aromatic rings. The standard InChI is InChI=1S/C16H21NO4/c1-11(16(19)17-13-5-3-4-6-13)21-15-9-14(20-2)8-7-12(15)10-18/h7-11,13H,3-6H2,1-2H3,(H,17,19). The SMILES string of the molecule is COc1ccc(C=O)c(OC(C)C(=O)NC2CCCC2)c1. The monoisotopic (exact) mass is 291 g/mol. The molecule has 5 nitrogen and oxygen atoms in total. The van der Waals surface area contributed by atoms with E-state index in [4.69, 9.17) is 9.47 Å². The number of carbonyl (C=O) groups excluding carboxylic acids is 2. The summed E-state index contributed by atoms with van der Waals surface area (Å²) in [6.45, 7) is 1.68. The summed E-state index contributed by atoms with van der Waals surface area (Å²) in [6.07, 6.45) is 4.41. The quantitative estimate of drug-likeness (QED) is 0.817. The lowest BCUT2D eigenvalue weighted by Gasteiger charge is -2.19. The first kappa shape index (κ1) is 15.4. The molecule has 0 spiro atoms. The predicted molar refractivity (Wildman–Crippen MR) is 78.9 cm³/mol. The Balaban J connectivity index is 2.01. The van der Waals surface area contributed by atoms with Crippen LogP contribution in [-0.4, -0.2) is 31.4 Å². The highest BCUT2D eigenvalue weighted by atomic mass is 16.5. The van der Waals surface area contributed by atoms with E-state index in [-0.39, 0.29) is 11.9 Å². The third-order valence-corrected chi connectivity index (χ3v) is 3.72. The molecule has 1 unspecified atom stereocenters. The summed E-state index contributed by atoms with van der Waals surface area (Å²) in [5, 5.41) is 2.98. The molecule has 21 heavy (non-hydrogen) atoms. The minimum absolute atomic E-state index is 0.151. The van der Waals surface area contributed by atoms with Gasteiger partial charge in [0.05, 0.1) is 12.7 Å². The number of hydrogen-bond acceptors (Lipinski definition) is 4. The zero-order chi connectivity index (χ0) is 15.2. The van der Waals surface area contributed by atoms with Crippen molar-refractivity contribution in [2.24, 2.45) is 0 Å². The summed E-state index contributed by atoms with van der Waals surface area (Å²) in [5.41, 5.74) is 0.399. The number of benzene rings is 1. The lowest BCUT2D eigenvalue weighted by atomic mass is 10.2. The van der Waals surface area contributed by atoms with E-state index in [0.29, 0.717) is 23.3 Å². The van der Waals surface area contributed by atoms with Crippen molar-refractivity contribution in [2.75, 3.05) is 7.11 Å². The highest BCUT2D eigenvalue weighted by Crippen LogP contribution is 2.25. The molecule has 5 heteroatoms. The highest BCUT2D eigenvalue weighted by Gasteiger charge is 2.22. The second kappa shape index (κ2) is 7.11. The molecule has 1 fully saturated rings. The van der Waals surface area contributed by atoms with Crippen LogP contribution in [0.2, 0.25) is 0 Å². The van der Waals surface area contributed by atoms with Gasteiger partial charge in [-0.3, -0.25) is 9.59 Å². The number of ether oxygens (including phenoxy) is 2. The van der Waals surface area contributed by atoms with Crippen LogP contribution >= 0.6 is 0 Å². The Bertz CT molecular complexity index is 509. The van der Waals surface area contributed by atoms with Crippen LogP contribution in [0.3, 0.4) is 0 Å². The number of nitrogens with one attached hydrogen (secondary N) is 1. The van der Waals surface area contributed by atoms with E-state index in [1.54, 1.807) is 25.1 Å². The molecule has 1 aromatic carbocycles. The Labute approximate surface area is 124 Å². The fourth-order valence-corrected chi connectivity index (χ4v) is 2.47. The number of hydrogen-bond donors (Lipinski definition) is 1. The maximum Gasteiger partial charge on any atom is 0.260 e. The summed E-state index contributed by atoms with van der Waals surface area (Å²) in [6, 6.07) is 5.16. The smallest absolute Gasteiger partial charge is 0.260 e. The Kier molecular flexibility index (Phi) is 5.20. The van der Waals surface area contributed by atoms with Crippen LogP contribution in [0.1, 0.15) is 43.0 Å². The van der Waals surface area contributed by atoms with Gasteiger partial charge in [-0.1, -0.05) is 12.8 Å². The van der Waals surface area contributed by atoms with Crippen LogP contribution in [0, 0.1) is 0 Å². The molecule has 0 saturated heterocycles. The normalized spacial score (nSPS) is 16.3. The molecule has 1 amide bonds. The lowest BCUT2D eigenvalue weighted by Crippen LogP contribution is -2.41. The van der Waals surface area contributed by atoms with E-state index in [9.17, 15) is 9.59 Å². The fraction of sp³-hybridized carbons (Fsp3) is 0.500. The maximum absolute atomic E-state index is 12.1. The van der Waals surface area contributed by atoms with Crippen molar-refractivity contribution in [1.29, 1.82) is 0 Å². The van der Waals surface area contributed by atoms with Crippen LogP contribution < -0.4 is 14.8 Å². The average Bonchev–Trinajstić information content (AvgIpc) is 2.99. The Morgan fingerprint density at radius 2 is 2.10 bits per heavy atom. The average molecular weight is 291 g/mol. The lowest BCUT2D eigenvalue weighted by molar-refractivity contribution is -0.128. The fourth-order valence-electron chi connectivity index (χ4n) is 2.47. The van der Waals surface area contributed by atoms with Gasteiger partial charge in [-0.2, -0.15) is 0 Å². The van der Waals surface area contributed by atoms with Crippen LogP contribution in [0.5, 0.6) is 11.5 Å². The summed E-state index contributed by atoms with van der Waals surface area (Å²) < 4.78 is 10.7. The zero-order valence-corrected chi connectivity index (χ0v) is 12.4. The van der Waals surface area contributed by atoms with Crippen molar-refractivity contribution in [2.45, 2.75) is 44.8 Å². The molecule has 1 aliphatic carbocycles. The van der Waals surface area contributed by atoms with E-state index in [1.807, 2.05) is 0 Å². The molecular formula is C16H21NO4. The highest BCUT2D eigenvalue weighted by molar-refractivity contribution is 5.83. The van der Waals surface area contributed by atoms with Gasteiger partial charge in [-0.25, -0.2) is 0 Å². The minimum atomic E-state index is -0.656. The number of aldehydes is 1. The van der Waals surface area contributed by atoms with Crippen molar-refractivity contribution in [3.63, 3.8) is 0 Å². The number of carbonyl (C=O) groups is 2. The van der Waals surface area contributed by atoms with Gasteiger partial charge in [0.1, 0.15) is 11.5 Å². The van der Waals surface area contributed by atoms with E-state index >= 15 is 0 Å². The molecule has 0 aliphatic heterocycles. The summed E-state index contributed by atoms with van der Waals surface area (Å²) in [7, 11) is 1.54. The molecular weight excluding hydrogens is 270 g/mol. The largest absolute Gasteiger partial charge is 0.497 e. The molecule has 1 aliphatic rings. The summed E-state index contributed by atoms with van der Waals surface area (Å²) in [4.78, 5) is 23.1. The third kappa shape index (κ3) is 3.97. The third-order valence-electron chi connectivity index (χ3n) is 3.72. The Morgan fingerprint density at radius 3 is 2.71 bits per heavy atom. The second-order valence-corrected chi connectivity index (χ2v) is 5.27. The Morgan fingerprint density at radius 1 is 1.38 bits per heavy atom. The first-order chi connectivity index (χ1) is 10.1. The van der Waals surface area contributed by atoms with Crippen molar-refractivity contribution in [3.05, 3.63) is 23.8 Å². The van der Waals surface area contributed by atoms with Crippen molar-refractivity contribution >= 4 is 12.2 Å². The first-order valence-corrected chi connectivity index (χ1v) is 7.24. The van der Waals surface area contributed by atoms with Crippen LogP contribution in [0.4, 0.5) is 0 Å². The summed E-state index contributed by atoms with van der Waals surface area (Å²) >= 11 is 0. The molecule has 2 rings (SSSR count). The number of amides is 1. The Hall–Kier alpha value is -2.04. The van der Waals surface area contributed by atoms with Crippen LogP contribution in [-0.2, 0) is 4.79 Å². The van der Waals surface area contributed by atoms with E-state index in [0.717, 1.165) is 25.7 Å². The molecule has 0 bridgehead atoms. The van der Waals surface area contributed by atoms with Gasteiger partial charge < -0.3 is 14.8 Å². The second-order valence-electron chi connectivity index (χ2n) is 5.27. The molecule has 0 radical (unpaired) electrons. The van der Waals surface area contributed by atoms with Crippen molar-refractivity contribution in [3.8, 4) is 11.5 Å². The van der Waals surface area contributed by atoms with Crippen molar-refractivity contribution < 1.29 is 19.1 Å². The van der Waals surface area contributed by atoms with E-state index < -0.39 is 6.10 Å². The van der Waals surface area contributed by atoms with Gasteiger partial charge in [0.2, 0.25) is 0 Å². The van der Waals surface area contributed by atoms with E-state index in [2.05, 4.69) is 5.32 Å². The van der Waals surface area contributed by atoms with Gasteiger partial charge in [0.25, 0.3) is 5.91 Å². The molecule has 0 heterocycles. The van der Waals surface area contributed by atoms with Gasteiger partial charge >= 0.3 is 0 Å². The van der Waals surface area contributed by atoms with Gasteiger partial charge in [0.15, 0.2) is 12.4 Å². The van der Waals surface area contributed by atoms with Gasteiger partial charge in [0, 0.05) is 12.1 Å². The van der Waals surface area contributed by atoms with E-state index in [1.165, 1.54) is 7.11 Å². The van der Waals surface area contributed by atoms with Gasteiger partial charge in [-0.15, -0.1) is 0 Å². The molecule has 114 valence electrons. The number of rotatable bonds is 6. The van der Waals surface area contributed by atoms with Gasteiger partial charge in [-0.05, 0) is 31.9 Å². The molecule has 1 saturated carbocycles. The topological polar surface area (TPSA) is 64.6 Å². The van der Waals surface area contributed by atoms with Crippen LogP contribution in [0.15, 0.2) is 18.2 Å².